The second kappa shape index (κ2) is 3.87. The van der Waals surface area contributed by atoms with Crippen LogP contribution in [0.3, 0.4) is 0 Å². The predicted molar refractivity (Wildman–Crippen MR) is 45.8 cm³/mol. The van der Waals surface area contributed by atoms with E-state index in [9.17, 15) is 4.79 Å². The molecule has 70 valence electrons. The Morgan fingerprint density at radius 3 is 2.75 bits per heavy atom. The van der Waals surface area contributed by atoms with Gasteiger partial charge in [0, 0.05) is 19.6 Å². The standard InChI is InChI=1S/C8H16N2O2/c1-9(2)3-4-10-6-7(11)5-8(10)12/h7,11H,3-6H2,1-2H3. The fraction of sp³-hybridized carbons (Fsp3) is 0.875. The van der Waals surface area contributed by atoms with Crippen molar-refractivity contribution < 1.29 is 9.90 Å². The van der Waals surface area contributed by atoms with E-state index < -0.39 is 6.10 Å². The molecule has 1 fully saturated rings. The third-order valence-corrected chi connectivity index (χ3v) is 2.01. The van der Waals surface area contributed by atoms with Gasteiger partial charge in [0.25, 0.3) is 0 Å². The third kappa shape index (κ3) is 2.46. The van der Waals surface area contributed by atoms with Gasteiger partial charge in [-0.15, -0.1) is 0 Å². The van der Waals surface area contributed by atoms with Gasteiger partial charge in [-0.05, 0) is 14.1 Å². The summed E-state index contributed by atoms with van der Waals surface area (Å²) in [5.41, 5.74) is 0. The maximum Gasteiger partial charge on any atom is 0.225 e. The summed E-state index contributed by atoms with van der Waals surface area (Å²) < 4.78 is 0. The molecule has 1 aliphatic rings. The SMILES string of the molecule is CN(C)CCN1CC(O)CC1=O. The van der Waals surface area contributed by atoms with Crippen molar-refractivity contribution in [3.05, 3.63) is 0 Å². The fourth-order valence-corrected chi connectivity index (χ4v) is 1.29. The number of rotatable bonds is 3. The molecule has 4 nitrogen and oxygen atoms in total. The summed E-state index contributed by atoms with van der Waals surface area (Å²) in [6.07, 6.45) is -0.146. The van der Waals surface area contributed by atoms with Crippen LogP contribution in [-0.2, 0) is 4.79 Å². The molecule has 0 spiro atoms. The highest BCUT2D eigenvalue weighted by Gasteiger charge is 2.27. The zero-order chi connectivity index (χ0) is 9.14. The van der Waals surface area contributed by atoms with Crippen molar-refractivity contribution in [2.24, 2.45) is 0 Å². The first-order chi connectivity index (χ1) is 5.59. The molecule has 4 heteroatoms. The fourth-order valence-electron chi connectivity index (χ4n) is 1.29. The molecular formula is C8H16N2O2. The highest BCUT2D eigenvalue weighted by atomic mass is 16.3. The number of aliphatic hydroxyl groups excluding tert-OH is 1. The summed E-state index contributed by atoms with van der Waals surface area (Å²) in [5, 5.41) is 9.16. The van der Waals surface area contributed by atoms with Crippen LogP contribution in [0.1, 0.15) is 6.42 Å². The van der Waals surface area contributed by atoms with E-state index in [-0.39, 0.29) is 5.91 Å². The number of likely N-dealkylation sites (tertiary alicyclic amines) is 1. The number of amides is 1. The number of β-amino-alcohol motifs (C(OH)–C–C–N with tert-alkyl or cyclic N) is 1. The van der Waals surface area contributed by atoms with Crippen molar-refractivity contribution in [2.45, 2.75) is 12.5 Å². The molecule has 1 saturated heterocycles. The van der Waals surface area contributed by atoms with E-state index in [4.69, 9.17) is 5.11 Å². The molecule has 0 saturated carbocycles. The van der Waals surface area contributed by atoms with E-state index >= 15 is 0 Å². The largest absolute Gasteiger partial charge is 0.391 e. The normalized spacial score (nSPS) is 24.2. The maximum atomic E-state index is 11.1. The zero-order valence-electron chi connectivity index (χ0n) is 7.66. The van der Waals surface area contributed by atoms with E-state index in [1.54, 1.807) is 4.90 Å². The van der Waals surface area contributed by atoms with Crippen molar-refractivity contribution in [3.8, 4) is 0 Å². The minimum atomic E-state index is -0.445. The van der Waals surface area contributed by atoms with E-state index in [1.165, 1.54) is 0 Å². The van der Waals surface area contributed by atoms with Gasteiger partial charge in [-0.1, -0.05) is 0 Å². The molecule has 0 aliphatic carbocycles. The Hall–Kier alpha value is -0.610. The topological polar surface area (TPSA) is 43.8 Å². The molecule has 0 aromatic carbocycles. The monoisotopic (exact) mass is 172 g/mol. The van der Waals surface area contributed by atoms with Crippen LogP contribution in [-0.4, -0.2) is 60.6 Å². The Bertz CT molecular complexity index is 170. The summed E-state index contributed by atoms with van der Waals surface area (Å²) in [4.78, 5) is 14.9. The summed E-state index contributed by atoms with van der Waals surface area (Å²) in [7, 11) is 3.94. The number of hydrogen-bond donors (Lipinski definition) is 1. The van der Waals surface area contributed by atoms with E-state index in [2.05, 4.69) is 0 Å². The number of hydrogen-bond acceptors (Lipinski definition) is 3. The first-order valence-electron chi connectivity index (χ1n) is 4.20. The molecule has 0 bridgehead atoms. The van der Waals surface area contributed by atoms with Crippen LogP contribution in [0.5, 0.6) is 0 Å². The Labute approximate surface area is 72.8 Å². The summed E-state index contributed by atoms with van der Waals surface area (Å²) in [5.74, 6) is 0.0735. The van der Waals surface area contributed by atoms with E-state index in [0.29, 0.717) is 13.0 Å². The summed E-state index contributed by atoms with van der Waals surface area (Å²) in [6.45, 7) is 2.09. The average molecular weight is 172 g/mol. The van der Waals surface area contributed by atoms with Gasteiger partial charge in [-0.2, -0.15) is 0 Å². The molecule has 0 radical (unpaired) electrons. The minimum Gasteiger partial charge on any atom is -0.391 e. The highest BCUT2D eigenvalue weighted by Crippen LogP contribution is 2.09. The van der Waals surface area contributed by atoms with Crippen molar-refractivity contribution in [3.63, 3.8) is 0 Å². The van der Waals surface area contributed by atoms with Crippen molar-refractivity contribution in [2.75, 3.05) is 33.7 Å². The molecule has 1 amide bonds. The Balaban J connectivity index is 2.28. The Morgan fingerprint density at radius 1 is 1.67 bits per heavy atom. The van der Waals surface area contributed by atoms with Crippen LogP contribution in [0.4, 0.5) is 0 Å². The number of nitrogens with zero attached hydrogens (tertiary/aromatic N) is 2. The van der Waals surface area contributed by atoms with Crippen LogP contribution in [0.15, 0.2) is 0 Å². The molecule has 0 aromatic heterocycles. The molecular weight excluding hydrogens is 156 g/mol. The Morgan fingerprint density at radius 2 is 2.33 bits per heavy atom. The van der Waals surface area contributed by atoms with Gasteiger partial charge in [-0.3, -0.25) is 4.79 Å². The number of aliphatic hydroxyl groups is 1. The third-order valence-electron chi connectivity index (χ3n) is 2.01. The van der Waals surface area contributed by atoms with Crippen molar-refractivity contribution >= 4 is 5.91 Å². The number of carbonyl (C=O) groups excluding carboxylic acids is 1. The van der Waals surface area contributed by atoms with Gasteiger partial charge in [0.1, 0.15) is 0 Å². The van der Waals surface area contributed by atoms with E-state index in [1.807, 2.05) is 19.0 Å². The lowest BCUT2D eigenvalue weighted by Crippen LogP contribution is -2.33. The van der Waals surface area contributed by atoms with Crippen LogP contribution < -0.4 is 0 Å². The van der Waals surface area contributed by atoms with Gasteiger partial charge in [-0.25, -0.2) is 0 Å². The summed E-state index contributed by atoms with van der Waals surface area (Å²) >= 11 is 0. The lowest BCUT2D eigenvalue weighted by Gasteiger charge is -2.18. The summed E-state index contributed by atoms with van der Waals surface area (Å²) in [6, 6.07) is 0. The second-order valence-corrected chi connectivity index (χ2v) is 3.50. The van der Waals surface area contributed by atoms with Gasteiger partial charge in [0.15, 0.2) is 0 Å². The number of carbonyl (C=O) groups is 1. The molecule has 12 heavy (non-hydrogen) atoms. The zero-order valence-corrected chi connectivity index (χ0v) is 7.66. The first-order valence-corrected chi connectivity index (χ1v) is 4.20. The molecule has 0 aromatic rings. The quantitative estimate of drug-likeness (QED) is 0.602. The first kappa shape index (κ1) is 9.48. The lowest BCUT2D eigenvalue weighted by molar-refractivity contribution is -0.127. The van der Waals surface area contributed by atoms with E-state index in [0.717, 1.165) is 13.1 Å². The molecule has 1 aliphatic heterocycles. The van der Waals surface area contributed by atoms with Gasteiger partial charge >= 0.3 is 0 Å². The average Bonchev–Trinajstić information content (AvgIpc) is 2.26. The maximum absolute atomic E-state index is 11.1. The van der Waals surface area contributed by atoms with Crippen LogP contribution in [0, 0.1) is 0 Å². The highest BCUT2D eigenvalue weighted by molar-refractivity contribution is 5.78. The predicted octanol–water partition coefficient (Wildman–Crippen LogP) is -0.859. The Kier molecular flexibility index (Phi) is 3.05. The molecule has 1 unspecified atom stereocenters. The lowest BCUT2D eigenvalue weighted by atomic mass is 10.3. The van der Waals surface area contributed by atoms with Crippen LogP contribution in [0.2, 0.25) is 0 Å². The van der Waals surface area contributed by atoms with Gasteiger partial charge in [0.2, 0.25) is 5.91 Å². The molecule has 1 N–H and O–H groups in total. The van der Waals surface area contributed by atoms with Crippen LogP contribution in [0.25, 0.3) is 0 Å². The van der Waals surface area contributed by atoms with Crippen molar-refractivity contribution in [1.82, 2.24) is 9.80 Å². The molecule has 1 atom stereocenters. The smallest absolute Gasteiger partial charge is 0.225 e. The second-order valence-electron chi connectivity index (χ2n) is 3.50. The minimum absolute atomic E-state index is 0.0735. The van der Waals surface area contributed by atoms with Gasteiger partial charge in [0.05, 0.1) is 12.5 Å². The molecule has 1 rings (SSSR count). The molecule has 1 heterocycles. The van der Waals surface area contributed by atoms with Gasteiger partial charge < -0.3 is 14.9 Å². The van der Waals surface area contributed by atoms with Crippen molar-refractivity contribution in [1.29, 1.82) is 0 Å². The number of likely N-dealkylation sites (N-methyl/N-ethyl adjacent to an activating group) is 1. The van der Waals surface area contributed by atoms with Crippen LogP contribution >= 0.6 is 0 Å².